The second kappa shape index (κ2) is 4.96. The van der Waals surface area contributed by atoms with Crippen molar-refractivity contribution < 1.29 is 4.79 Å². The van der Waals surface area contributed by atoms with Gasteiger partial charge in [0.2, 0.25) is 5.91 Å². The van der Waals surface area contributed by atoms with Crippen LogP contribution in [-0.2, 0) is 4.79 Å². The summed E-state index contributed by atoms with van der Waals surface area (Å²) in [6, 6.07) is 0.433. The van der Waals surface area contributed by atoms with Crippen molar-refractivity contribution in [2.45, 2.75) is 45.1 Å². The molecule has 0 bridgehead atoms. The number of carbonyl (C=O) groups excluding carboxylic acids is 1. The van der Waals surface area contributed by atoms with E-state index in [1.807, 2.05) is 6.92 Å². The Balaban J connectivity index is 2.24. The van der Waals surface area contributed by atoms with Crippen molar-refractivity contribution in [3.05, 3.63) is 12.2 Å². The quantitative estimate of drug-likeness (QED) is 0.626. The largest absolute Gasteiger partial charge is 0.350 e. The Morgan fingerprint density at radius 2 is 2.00 bits per heavy atom. The first-order valence-corrected chi connectivity index (χ1v) is 4.76. The maximum absolute atomic E-state index is 11.1. The highest BCUT2D eigenvalue weighted by Gasteiger charge is 2.13. The van der Waals surface area contributed by atoms with E-state index in [1.54, 1.807) is 12.2 Å². The van der Waals surface area contributed by atoms with Gasteiger partial charge in [0.15, 0.2) is 0 Å². The number of hydrogen-bond donors (Lipinski definition) is 1. The molecule has 1 aliphatic rings. The molecule has 0 unspecified atom stereocenters. The minimum Gasteiger partial charge on any atom is -0.350 e. The summed E-state index contributed by atoms with van der Waals surface area (Å²) in [6.07, 6.45) is 9.54. The van der Waals surface area contributed by atoms with Crippen molar-refractivity contribution in [2.24, 2.45) is 0 Å². The Hall–Kier alpha value is -0.790. The van der Waals surface area contributed by atoms with E-state index in [-0.39, 0.29) is 5.91 Å². The molecule has 1 saturated carbocycles. The molecule has 1 rings (SSSR count). The van der Waals surface area contributed by atoms with Crippen molar-refractivity contribution in [3.63, 3.8) is 0 Å². The fourth-order valence-electron chi connectivity index (χ4n) is 1.65. The summed E-state index contributed by atoms with van der Waals surface area (Å²) < 4.78 is 0. The second-order valence-electron chi connectivity index (χ2n) is 3.34. The van der Waals surface area contributed by atoms with Crippen LogP contribution in [0.5, 0.6) is 0 Å². The monoisotopic (exact) mass is 167 g/mol. The van der Waals surface area contributed by atoms with E-state index >= 15 is 0 Å². The van der Waals surface area contributed by atoms with Crippen LogP contribution >= 0.6 is 0 Å². The number of allylic oxidation sites excluding steroid dienone is 1. The lowest BCUT2D eigenvalue weighted by Gasteiger charge is -2.21. The Morgan fingerprint density at radius 3 is 2.58 bits per heavy atom. The molecular weight excluding hydrogens is 150 g/mol. The second-order valence-corrected chi connectivity index (χ2v) is 3.34. The van der Waals surface area contributed by atoms with Crippen LogP contribution in [0.3, 0.4) is 0 Å². The molecule has 1 N–H and O–H groups in total. The SMILES string of the molecule is CC=CC(=O)NC1CCCCC1. The lowest BCUT2D eigenvalue weighted by atomic mass is 9.95. The maximum atomic E-state index is 11.1. The summed E-state index contributed by atoms with van der Waals surface area (Å²) in [4.78, 5) is 11.1. The molecular formula is C10H17NO. The molecule has 0 aromatic heterocycles. The van der Waals surface area contributed by atoms with Crippen molar-refractivity contribution in [2.75, 3.05) is 0 Å². The van der Waals surface area contributed by atoms with Crippen LogP contribution in [0.4, 0.5) is 0 Å². The van der Waals surface area contributed by atoms with E-state index in [0.29, 0.717) is 6.04 Å². The molecule has 68 valence electrons. The first-order chi connectivity index (χ1) is 5.83. The standard InChI is InChI=1S/C10H17NO/c1-2-6-10(12)11-9-7-4-3-5-8-9/h2,6,9H,3-5,7-8H2,1H3,(H,11,12). The van der Waals surface area contributed by atoms with Gasteiger partial charge < -0.3 is 5.32 Å². The minimum atomic E-state index is 0.0596. The third kappa shape index (κ3) is 3.07. The van der Waals surface area contributed by atoms with Crippen LogP contribution in [0.15, 0.2) is 12.2 Å². The molecule has 0 radical (unpaired) electrons. The Labute approximate surface area is 74.0 Å². The Morgan fingerprint density at radius 1 is 1.33 bits per heavy atom. The number of rotatable bonds is 2. The summed E-state index contributed by atoms with van der Waals surface area (Å²) >= 11 is 0. The lowest BCUT2D eigenvalue weighted by molar-refractivity contribution is -0.117. The first kappa shape index (κ1) is 9.30. The normalized spacial score (nSPS) is 19.8. The van der Waals surface area contributed by atoms with Crippen LogP contribution in [0.1, 0.15) is 39.0 Å². The number of carbonyl (C=O) groups is 1. The molecule has 2 heteroatoms. The predicted octanol–water partition coefficient (Wildman–Crippen LogP) is 2.01. The highest BCUT2D eigenvalue weighted by Crippen LogP contribution is 2.17. The zero-order chi connectivity index (χ0) is 8.81. The minimum absolute atomic E-state index is 0.0596. The third-order valence-electron chi connectivity index (χ3n) is 2.27. The highest BCUT2D eigenvalue weighted by atomic mass is 16.1. The molecule has 0 saturated heterocycles. The van der Waals surface area contributed by atoms with Crippen molar-refractivity contribution >= 4 is 5.91 Å². The van der Waals surface area contributed by atoms with Gasteiger partial charge in [-0.05, 0) is 25.8 Å². The number of nitrogens with one attached hydrogen (secondary N) is 1. The Kier molecular flexibility index (Phi) is 3.85. The number of amides is 1. The predicted molar refractivity (Wildman–Crippen MR) is 49.8 cm³/mol. The Bertz CT molecular complexity index is 169. The molecule has 0 spiro atoms. The van der Waals surface area contributed by atoms with Crippen LogP contribution < -0.4 is 5.32 Å². The third-order valence-corrected chi connectivity index (χ3v) is 2.27. The van der Waals surface area contributed by atoms with E-state index in [9.17, 15) is 4.79 Å². The van der Waals surface area contributed by atoms with Crippen molar-refractivity contribution in [1.29, 1.82) is 0 Å². The van der Waals surface area contributed by atoms with Gasteiger partial charge in [-0.15, -0.1) is 0 Å². The summed E-state index contributed by atoms with van der Waals surface area (Å²) in [7, 11) is 0. The molecule has 0 aliphatic heterocycles. The molecule has 12 heavy (non-hydrogen) atoms. The van der Waals surface area contributed by atoms with E-state index in [1.165, 1.54) is 19.3 Å². The van der Waals surface area contributed by atoms with Crippen LogP contribution in [0.25, 0.3) is 0 Å². The summed E-state index contributed by atoms with van der Waals surface area (Å²) in [5, 5.41) is 2.99. The van der Waals surface area contributed by atoms with Crippen molar-refractivity contribution in [3.8, 4) is 0 Å². The molecule has 1 amide bonds. The molecule has 0 aromatic carbocycles. The van der Waals surface area contributed by atoms with Gasteiger partial charge in [0.05, 0.1) is 0 Å². The van der Waals surface area contributed by atoms with E-state index in [0.717, 1.165) is 12.8 Å². The average molecular weight is 167 g/mol. The van der Waals surface area contributed by atoms with Crippen LogP contribution in [0, 0.1) is 0 Å². The van der Waals surface area contributed by atoms with Gasteiger partial charge in [-0.2, -0.15) is 0 Å². The average Bonchev–Trinajstić information content (AvgIpc) is 2.06. The van der Waals surface area contributed by atoms with Gasteiger partial charge in [-0.25, -0.2) is 0 Å². The fourth-order valence-corrected chi connectivity index (χ4v) is 1.65. The topological polar surface area (TPSA) is 29.1 Å². The molecule has 0 aromatic rings. The van der Waals surface area contributed by atoms with Gasteiger partial charge in [0.25, 0.3) is 0 Å². The van der Waals surface area contributed by atoms with Gasteiger partial charge in [0, 0.05) is 6.04 Å². The zero-order valence-corrected chi connectivity index (χ0v) is 7.68. The molecule has 0 heterocycles. The molecule has 2 nitrogen and oxygen atoms in total. The smallest absolute Gasteiger partial charge is 0.243 e. The summed E-state index contributed by atoms with van der Waals surface area (Å²) in [5.41, 5.74) is 0. The van der Waals surface area contributed by atoms with Crippen molar-refractivity contribution in [1.82, 2.24) is 5.32 Å². The van der Waals surface area contributed by atoms with Gasteiger partial charge in [-0.1, -0.05) is 25.3 Å². The highest BCUT2D eigenvalue weighted by molar-refractivity contribution is 5.87. The molecule has 1 aliphatic carbocycles. The summed E-state index contributed by atoms with van der Waals surface area (Å²) in [6.45, 7) is 1.86. The van der Waals surface area contributed by atoms with Gasteiger partial charge in [-0.3, -0.25) is 4.79 Å². The summed E-state index contributed by atoms with van der Waals surface area (Å²) in [5.74, 6) is 0.0596. The van der Waals surface area contributed by atoms with E-state index in [2.05, 4.69) is 5.32 Å². The number of hydrogen-bond acceptors (Lipinski definition) is 1. The lowest BCUT2D eigenvalue weighted by Crippen LogP contribution is -2.34. The van der Waals surface area contributed by atoms with Gasteiger partial charge in [0.1, 0.15) is 0 Å². The van der Waals surface area contributed by atoms with E-state index < -0.39 is 0 Å². The van der Waals surface area contributed by atoms with E-state index in [4.69, 9.17) is 0 Å². The molecule has 0 atom stereocenters. The molecule has 1 fully saturated rings. The van der Waals surface area contributed by atoms with Crippen LogP contribution in [-0.4, -0.2) is 11.9 Å². The van der Waals surface area contributed by atoms with Crippen LogP contribution in [0.2, 0.25) is 0 Å². The zero-order valence-electron chi connectivity index (χ0n) is 7.68. The van der Waals surface area contributed by atoms with Gasteiger partial charge >= 0.3 is 0 Å². The maximum Gasteiger partial charge on any atom is 0.243 e. The fraction of sp³-hybridized carbons (Fsp3) is 0.700. The first-order valence-electron chi connectivity index (χ1n) is 4.76.